The molecule has 3 aliphatic heterocycles. The van der Waals surface area contributed by atoms with Crippen molar-refractivity contribution >= 4 is 17.4 Å². The zero-order valence-electron chi connectivity index (χ0n) is 19.1. The number of Topliss-reactive ketones (excluding diaryl/α,β-unsaturated/α-hetero) is 1. The molecule has 0 aliphatic carbocycles. The number of nitrogens with one attached hydrogen (secondary N) is 1. The van der Waals surface area contributed by atoms with Crippen LogP contribution < -0.4 is 5.32 Å². The van der Waals surface area contributed by atoms with Crippen LogP contribution in [-0.4, -0.2) is 53.7 Å². The van der Waals surface area contributed by atoms with E-state index < -0.39 is 6.04 Å². The van der Waals surface area contributed by atoms with Gasteiger partial charge in [-0.05, 0) is 17.7 Å². The predicted molar refractivity (Wildman–Crippen MR) is 127 cm³/mol. The first-order valence-corrected chi connectivity index (χ1v) is 11.9. The molecule has 0 radical (unpaired) electrons. The molecule has 2 bridgehead atoms. The smallest absolute Gasteiger partial charge is 0.333 e. The molecule has 1 N–H and O–H groups in total. The van der Waals surface area contributed by atoms with E-state index in [1.165, 1.54) is 6.26 Å². The van der Waals surface area contributed by atoms with Crippen LogP contribution in [-0.2, 0) is 20.7 Å². The Hall–Kier alpha value is -3.45. The van der Waals surface area contributed by atoms with E-state index in [2.05, 4.69) is 10.5 Å². The Labute approximate surface area is 199 Å². The molecule has 0 saturated carbocycles. The van der Waals surface area contributed by atoms with Gasteiger partial charge in [-0.2, -0.15) is 0 Å². The van der Waals surface area contributed by atoms with Gasteiger partial charge >= 0.3 is 5.97 Å². The average molecular weight is 461 g/mol. The van der Waals surface area contributed by atoms with Gasteiger partial charge in [0.1, 0.15) is 19.4 Å². The second-order valence-corrected chi connectivity index (χ2v) is 9.50. The molecule has 7 heteroatoms. The first-order chi connectivity index (χ1) is 16.6. The van der Waals surface area contributed by atoms with Gasteiger partial charge < -0.3 is 19.1 Å². The summed E-state index contributed by atoms with van der Waals surface area (Å²) in [7, 11) is 0. The monoisotopic (exact) mass is 460 g/mol. The Bertz CT molecular complexity index is 1090. The molecule has 2 atom stereocenters. The van der Waals surface area contributed by atoms with Gasteiger partial charge in [0.05, 0.1) is 25.2 Å². The van der Waals surface area contributed by atoms with E-state index in [0.717, 1.165) is 37.2 Å². The molecule has 34 heavy (non-hydrogen) atoms. The van der Waals surface area contributed by atoms with Gasteiger partial charge in [-0.25, -0.2) is 4.79 Å². The summed E-state index contributed by atoms with van der Waals surface area (Å²) in [5, 5.41) is 7.21. The van der Waals surface area contributed by atoms with Gasteiger partial charge in [0.15, 0.2) is 17.9 Å². The summed E-state index contributed by atoms with van der Waals surface area (Å²) in [6, 6.07) is 20.5. The SMILES string of the molecule is O=C(Cc1ccon1)C[N+]12CCC(CC1)[C@@H](OC(=O)[C@H](Nc1ccccc1)c1ccccc1)C2. The molecule has 3 aliphatic rings. The summed E-state index contributed by atoms with van der Waals surface area (Å²) in [4.78, 5) is 26.2. The number of rotatable bonds is 9. The number of aromatic nitrogens is 1. The fourth-order valence-electron chi connectivity index (χ4n) is 5.38. The lowest BCUT2D eigenvalue weighted by Crippen LogP contribution is -2.66. The van der Waals surface area contributed by atoms with Crippen LogP contribution in [0.25, 0.3) is 0 Å². The third kappa shape index (κ3) is 5.04. The second kappa shape index (κ2) is 9.81. The molecule has 4 heterocycles. The number of ketones is 1. The van der Waals surface area contributed by atoms with E-state index in [0.29, 0.717) is 29.2 Å². The fourth-order valence-corrected chi connectivity index (χ4v) is 5.38. The maximum absolute atomic E-state index is 13.5. The minimum Gasteiger partial charge on any atom is -0.454 e. The molecule has 3 aromatic rings. The maximum Gasteiger partial charge on any atom is 0.333 e. The van der Waals surface area contributed by atoms with Crippen molar-refractivity contribution in [2.75, 3.05) is 31.5 Å². The van der Waals surface area contributed by atoms with Crippen molar-refractivity contribution in [1.82, 2.24) is 5.16 Å². The zero-order chi connectivity index (χ0) is 23.4. The molecule has 2 aromatic carbocycles. The van der Waals surface area contributed by atoms with E-state index in [9.17, 15) is 9.59 Å². The number of para-hydroxylation sites is 1. The Morgan fingerprint density at radius 3 is 2.41 bits per heavy atom. The summed E-state index contributed by atoms with van der Waals surface area (Å²) < 4.78 is 11.7. The number of fused-ring (bicyclic) bond motifs is 3. The number of hydrogen-bond donors (Lipinski definition) is 1. The third-order valence-electron chi connectivity index (χ3n) is 7.14. The number of piperidine rings is 3. The summed E-state index contributed by atoms with van der Waals surface area (Å²) in [6.45, 7) is 3.03. The third-order valence-corrected chi connectivity index (χ3v) is 7.14. The predicted octanol–water partition coefficient (Wildman–Crippen LogP) is 3.79. The highest BCUT2D eigenvalue weighted by Gasteiger charge is 2.48. The minimum absolute atomic E-state index is 0.146. The van der Waals surface area contributed by atoms with Crippen molar-refractivity contribution in [2.24, 2.45) is 5.92 Å². The van der Waals surface area contributed by atoms with Crippen LogP contribution in [0.4, 0.5) is 5.69 Å². The summed E-state index contributed by atoms with van der Waals surface area (Å²) in [5.41, 5.74) is 2.39. The van der Waals surface area contributed by atoms with Gasteiger partial charge in [-0.3, -0.25) is 4.79 Å². The first kappa shape index (κ1) is 22.3. The Morgan fingerprint density at radius 1 is 1.03 bits per heavy atom. The van der Waals surface area contributed by atoms with Crippen molar-refractivity contribution < 1.29 is 23.3 Å². The fraction of sp³-hybridized carbons (Fsp3) is 0.370. The van der Waals surface area contributed by atoms with Crippen LogP contribution in [0.1, 0.15) is 30.1 Å². The highest BCUT2D eigenvalue weighted by atomic mass is 16.5. The molecule has 1 aromatic heterocycles. The Balaban J connectivity index is 1.28. The van der Waals surface area contributed by atoms with Crippen LogP contribution in [0.5, 0.6) is 0 Å². The number of nitrogens with zero attached hydrogens (tertiary/aromatic N) is 2. The Kier molecular flexibility index (Phi) is 6.45. The summed E-state index contributed by atoms with van der Waals surface area (Å²) >= 11 is 0. The van der Waals surface area contributed by atoms with Crippen LogP contribution in [0.3, 0.4) is 0 Å². The molecule has 3 fully saturated rings. The van der Waals surface area contributed by atoms with Crippen molar-refractivity contribution in [3.8, 4) is 0 Å². The molecular weight excluding hydrogens is 430 g/mol. The normalized spacial score (nSPS) is 24.4. The van der Waals surface area contributed by atoms with Crippen LogP contribution in [0.15, 0.2) is 77.5 Å². The second-order valence-electron chi connectivity index (χ2n) is 9.50. The van der Waals surface area contributed by atoms with E-state index >= 15 is 0 Å². The number of carbonyl (C=O) groups is 2. The highest BCUT2D eigenvalue weighted by Crippen LogP contribution is 2.36. The van der Waals surface area contributed by atoms with Gasteiger partial charge in [0.2, 0.25) is 0 Å². The number of quaternary nitrogens is 1. The summed E-state index contributed by atoms with van der Waals surface area (Å²) in [6.07, 6.45) is 3.53. The number of anilines is 1. The van der Waals surface area contributed by atoms with Gasteiger partial charge in [-0.15, -0.1) is 0 Å². The molecule has 0 unspecified atom stereocenters. The number of hydrogen-bond acceptors (Lipinski definition) is 6. The van der Waals surface area contributed by atoms with Gasteiger partial charge in [0.25, 0.3) is 0 Å². The number of ether oxygens (including phenoxy) is 1. The van der Waals surface area contributed by atoms with E-state index in [-0.39, 0.29) is 24.3 Å². The lowest BCUT2D eigenvalue weighted by Gasteiger charge is -2.51. The number of benzene rings is 2. The average Bonchev–Trinajstić information content (AvgIpc) is 3.37. The van der Waals surface area contributed by atoms with Crippen molar-refractivity contribution in [1.29, 1.82) is 0 Å². The maximum atomic E-state index is 13.5. The van der Waals surface area contributed by atoms with Crippen molar-refractivity contribution in [3.05, 3.63) is 84.3 Å². The molecule has 0 amide bonds. The lowest BCUT2D eigenvalue weighted by molar-refractivity contribution is -0.939. The molecule has 6 rings (SSSR count). The highest BCUT2D eigenvalue weighted by molar-refractivity contribution is 5.82. The van der Waals surface area contributed by atoms with Crippen LogP contribution >= 0.6 is 0 Å². The minimum atomic E-state index is -0.596. The van der Waals surface area contributed by atoms with E-state index in [1.807, 2.05) is 60.7 Å². The topological polar surface area (TPSA) is 81.4 Å². The lowest BCUT2D eigenvalue weighted by atomic mass is 9.83. The molecule has 0 spiro atoms. The van der Waals surface area contributed by atoms with Gasteiger partial charge in [0, 0.05) is 30.5 Å². The Morgan fingerprint density at radius 2 is 1.74 bits per heavy atom. The van der Waals surface area contributed by atoms with Crippen molar-refractivity contribution in [3.63, 3.8) is 0 Å². The first-order valence-electron chi connectivity index (χ1n) is 11.9. The van der Waals surface area contributed by atoms with Gasteiger partial charge in [-0.1, -0.05) is 53.7 Å². The quantitative estimate of drug-likeness (QED) is 0.387. The molecule has 3 saturated heterocycles. The number of esters is 1. The molecule has 176 valence electrons. The standard InChI is InChI=1S/C27H30N3O4/c31-24(17-23-13-16-33-29-23)18-30-14-11-20(12-15-30)25(19-30)34-27(32)26(21-7-3-1-4-8-21)28-22-9-5-2-6-10-22/h1-10,13,16,20,25-26,28H,11-12,14-15,17-19H2/q+1/t20?,25-,26+,30?/m0/s1. The van der Waals surface area contributed by atoms with Crippen LogP contribution in [0.2, 0.25) is 0 Å². The number of carbonyl (C=O) groups excluding carboxylic acids is 2. The van der Waals surface area contributed by atoms with E-state index in [1.54, 1.807) is 6.07 Å². The van der Waals surface area contributed by atoms with E-state index in [4.69, 9.17) is 9.26 Å². The zero-order valence-corrected chi connectivity index (χ0v) is 19.1. The summed E-state index contributed by atoms with van der Waals surface area (Å²) in [5.74, 6) is 0.218. The molecular formula is C27H30N3O4+. The molecule has 7 nitrogen and oxygen atoms in total. The van der Waals surface area contributed by atoms with Crippen molar-refractivity contribution in [2.45, 2.75) is 31.4 Å². The van der Waals surface area contributed by atoms with Crippen LogP contribution in [0, 0.1) is 5.92 Å². The largest absolute Gasteiger partial charge is 0.454 e.